The van der Waals surface area contributed by atoms with Crippen LogP contribution in [0.4, 0.5) is 0 Å². The molecule has 70 valence electrons. The lowest BCUT2D eigenvalue weighted by molar-refractivity contribution is -0.138. The van der Waals surface area contributed by atoms with Gasteiger partial charge in [-0.1, -0.05) is 22.4 Å². The molecule has 1 atom stereocenters. The van der Waals surface area contributed by atoms with Crippen LogP contribution in [0.2, 0.25) is 0 Å². The van der Waals surface area contributed by atoms with Gasteiger partial charge in [-0.15, -0.1) is 0 Å². The molecule has 0 aliphatic heterocycles. The molecule has 1 saturated carbocycles. The van der Waals surface area contributed by atoms with Crippen molar-refractivity contribution in [2.24, 2.45) is 5.92 Å². The van der Waals surface area contributed by atoms with E-state index in [9.17, 15) is 4.79 Å². The van der Waals surface area contributed by atoms with E-state index in [0.717, 1.165) is 18.2 Å². The van der Waals surface area contributed by atoms with Crippen molar-refractivity contribution < 1.29 is 4.79 Å². The molecule has 1 fully saturated rings. The van der Waals surface area contributed by atoms with Gasteiger partial charge in [0, 0.05) is 24.3 Å². The van der Waals surface area contributed by atoms with Crippen molar-refractivity contribution in [2.75, 3.05) is 12.4 Å². The predicted molar refractivity (Wildman–Crippen MR) is 53.4 cm³/mol. The minimum absolute atomic E-state index is 0.318. The van der Waals surface area contributed by atoms with Crippen molar-refractivity contribution >= 4 is 21.8 Å². The lowest BCUT2D eigenvalue weighted by Gasteiger charge is -2.32. The summed E-state index contributed by atoms with van der Waals surface area (Å²) in [6.45, 7) is 2.06. The van der Waals surface area contributed by atoms with Crippen LogP contribution in [0.1, 0.15) is 26.2 Å². The highest BCUT2D eigenvalue weighted by Crippen LogP contribution is 2.28. The third-order valence-corrected chi connectivity index (χ3v) is 3.62. The molecule has 0 radical (unpaired) electrons. The Balaban J connectivity index is 2.39. The number of hydrogen-bond acceptors (Lipinski definition) is 1. The Morgan fingerprint density at radius 1 is 1.67 bits per heavy atom. The molecule has 0 aromatic carbocycles. The van der Waals surface area contributed by atoms with Gasteiger partial charge in [0.15, 0.2) is 0 Å². The maximum absolute atomic E-state index is 11.6. The van der Waals surface area contributed by atoms with Crippen LogP contribution in [0.5, 0.6) is 0 Å². The van der Waals surface area contributed by atoms with Gasteiger partial charge in [-0.3, -0.25) is 4.79 Å². The molecule has 0 aromatic rings. The van der Waals surface area contributed by atoms with Crippen LogP contribution in [-0.2, 0) is 4.79 Å². The third kappa shape index (κ3) is 2.00. The Labute approximate surface area is 82.4 Å². The quantitative estimate of drug-likeness (QED) is 0.684. The summed E-state index contributed by atoms with van der Waals surface area (Å²) in [5.41, 5.74) is 0. The van der Waals surface area contributed by atoms with Gasteiger partial charge in [0.25, 0.3) is 0 Å². The van der Waals surface area contributed by atoms with E-state index in [4.69, 9.17) is 0 Å². The molecule has 1 aliphatic carbocycles. The topological polar surface area (TPSA) is 20.3 Å². The maximum atomic E-state index is 11.6. The number of carbonyl (C=O) groups excluding carboxylic acids is 1. The largest absolute Gasteiger partial charge is 0.342 e. The lowest BCUT2D eigenvalue weighted by atomic mass is 9.84. The third-order valence-electron chi connectivity index (χ3n) is 2.69. The van der Waals surface area contributed by atoms with Crippen molar-refractivity contribution in [3.8, 4) is 0 Å². The Morgan fingerprint density at radius 2 is 2.25 bits per heavy atom. The monoisotopic (exact) mass is 233 g/mol. The summed E-state index contributed by atoms with van der Waals surface area (Å²) in [7, 11) is 1.90. The van der Waals surface area contributed by atoms with E-state index >= 15 is 0 Å². The smallest absolute Gasteiger partial charge is 0.225 e. The van der Waals surface area contributed by atoms with Gasteiger partial charge < -0.3 is 4.90 Å². The number of carbonyl (C=O) groups is 1. The minimum Gasteiger partial charge on any atom is -0.342 e. The molecule has 1 aliphatic rings. The van der Waals surface area contributed by atoms with E-state index in [-0.39, 0.29) is 0 Å². The van der Waals surface area contributed by atoms with Gasteiger partial charge in [-0.05, 0) is 19.8 Å². The molecular formula is C9H16BrNO. The number of alkyl halides is 1. The molecule has 1 rings (SSSR count). The first-order chi connectivity index (χ1) is 5.66. The second-order valence-corrected chi connectivity index (χ2v) is 4.23. The first-order valence-electron chi connectivity index (χ1n) is 4.49. The zero-order valence-electron chi connectivity index (χ0n) is 7.72. The zero-order valence-corrected chi connectivity index (χ0v) is 9.30. The fraction of sp³-hybridized carbons (Fsp3) is 0.889. The summed E-state index contributed by atoms with van der Waals surface area (Å²) in [6, 6.07) is 0.318. The molecule has 0 heterocycles. The summed E-state index contributed by atoms with van der Waals surface area (Å²) < 4.78 is 0. The second-order valence-electron chi connectivity index (χ2n) is 3.58. The standard InChI is InChI=1S/C9H16BrNO/c1-7(6-10)11(2)9(12)8-4-3-5-8/h7-8H,3-6H2,1-2H3. The minimum atomic E-state index is 0.318. The van der Waals surface area contributed by atoms with Gasteiger partial charge in [-0.2, -0.15) is 0 Å². The van der Waals surface area contributed by atoms with Crippen LogP contribution in [0.25, 0.3) is 0 Å². The van der Waals surface area contributed by atoms with Crippen molar-refractivity contribution in [3.05, 3.63) is 0 Å². The van der Waals surface area contributed by atoms with Gasteiger partial charge in [0.05, 0.1) is 0 Å². The average molecular weight is 234 g/mol. The SMILES string of the molecule is CC(CBr)N(C)C(=O)C1CCC1. The molecule has 1 unspecified atom stereocenters. The molecule has 0 spiro atoms. The van der Waals surface area contributed by atoms with Crippen LogP contribution in [0, 0.1) is 5.92 Å². The summed E-state index contributed by atoms with van der Waals surface area (Å²) in [5.74, 6) is 0.657. The molecule has 0 N–H and O–H groups in total. The van der Waals surface area contributed by atoms with Crippen LogP contribution >= 0.6 is 15.9 Å². The van der Waals surface area contributed by atoms with E-state index in [0.29, 0.717) is 17.9 Å². The highest BCUT2D eigenvalue weighted by molar-refractivity contribution is 9.09. The highest BCUT2D eigenvalue weighted by atomic mass is 79.9. The first-order valence-corrected chi connectivity index (χ1v) is 5.61. The van der Waals surface area contributed by atoms with E-state index in [1.54, 1.807) is 0 Å². The number of nitrogens with zero attached hydrogens (tertiary/aromatic N) is 1. The van der Waals surface area contributed by atoms with Gasteiger partial charge >= 0.3 is 0 Å². The molecular weight excluding hydrogens is 218 g/mol. The zero-order chi connectivity index (χ0) is 9.14. The van der Waals surface area contributed by atoms with Gasteiger partial charge in [0.1, 0.15) is 0 Å². The first kappa shape index (κ1) is 10.0. The summed E-state index contributed by atoms with van der Waals surface area (Å²) >= 11 is 3.38. The Hall–Kier alpha value is -0.0500. The number of rotatable bonds is 3. The molecule has 12 heavy (non-hydrogen) atoms. The van der Waals surface area contributed by atoms with Gasteiger partial charge in [-0.25, -0.2) is 0 Å². The normalized spacial score (nSPS) is 19.9. The van der Waals surface area contributed by atoms with Crippen LogP contribution in [0.3, 0.4) is 0 Å². The molecule has 2 nitrogen and oxygen atoms in total. The number of halogens is 1. The number of amides is 1. The predicted octanol–water partition coefficient (Wildman–Crippen LogP) is 2.03. The van der Waals surface area contributed by atoms with Crippen molar-refractivity contribution in [2.45, 2.75) is 32.2 Å². The Kier molecular flexibility index (Phi) is 3.56. The van der Waals surface area contributed by atoms with Crippen molar-refractivity contribution in [3.63, 3.8) is 0 Å². The van der Waals surface area contributed by atoms with Crippen molar-refractivity contribution in [1.29, 1.82) is 0 Å². The van der Waals surface area contributed by atoms with E-state index < -0.39 is 0 Å². The fourth-order valence-corrected chi connectivity index (χ4v) is 1.70. The summed E-state index contributed by atoms with van der Waals surface area (Å²) in [5, 5.41) is 0.863. The van der Waals surface area contributed by atoms with Crippen LogP contribution in [-0.4, -0.2) is 29.2 Å². The summed E-state index contributed by atoms with van der Waals surface area (Å²) in [6.07, 6.45) is 3.42. The highest BCUT2D eigenvalue weighted by Gasteiger charge is 2.29. The molecule has 0 bridgehead atoms. The fourth-order valence-electron chi connectivity index (χ4n) is 1.26. The van der Waals surface area contributed by atoms with E-state index in [1.807, 2.05) is 11.9 Å². The molecule has 0 aromatic heterocycles. The number of hydrogen-bond donors (Lipinski definition) is 0. The molecule has 3 heteroatoms. The second kappa shape index (κ2) is 4.26. The average Bonchev–Trinajstić information content (AvgIpc) is 1.98. The maximum Gasteiger partial charge on any atom is 0.225 e. The Bertz CT molecular complexity index is 168. The molecule has 1 amide bonds. The van der Waals surface area contributed by atoms with Crippen LogP contribution in [0.15, 0.2) is 0 Å². The van der Waals surface area contributed by atoms with E-state index in [2.05, 4.69) is 22.9 Å². The Morgan fingerprint density at radius 3 is 2.58 bits per heavy atom. The van der Waals surface area contributed by atoms with Crippen molar-refractivity contribution in [1.82, 2.24) is 4.90 Å². The van der Waals surface area contributed by atoms with Crippen LogP contribution < -0.4 is 0 Å². The summed E-state index contributed by atoms with van der Waals surface area (Å²) in [4.78, 5) is 13.5. The van der Waals surface area contributed by atoms with E-state index in [1.165, 1.54) is 6.42 Å². The lowest BCUT2D eigenvalue weighted by Crippen LogP contribution is -2.42. The molecule has 0 saturated heterocycles. The van der Waals surface area contributed by atoms with Gasteiger partial charge in [0.2, 0.25) is 5.91 Å².